The number of rotatable bonds is 6. The van der Waals surface area contributed by atoms with Crippen molar-refractivity contribution in [2.75, 3.05) is 6.61 Å². The molecule has 0 aromatic heterocycles. The third-order valence-electron chi connectivity index (χ3n) is 3.76. The van der Waals surface area contributed by atoms with E-state index in [9.17, 15) is 9.59 Å². The van der Waals surface area contributed by atoms with Gasteiger partial charge in [0.2, 0.25) is 5.91 Å². The first-order chi connectivity index (χ1) is 13.3. The summed E-state index contributed by atoms with van der Waals surface area (Å²) < 4.78 is 5.41. The predicted octanol–water partition coefficient (Wildman–Crippen LogP) is 3.11. The third-order valence-corrected chi connectivity index (χ3v) is 4.22. The molecule has 0 aliphatic carbocycles. The Kier molecular flexibility index (Phi) is 8.22. The fourth-order valence-corrected chi connectivity index (χ4v) is 2.54. The molecule has 3 N–H and O–H groups in total. The SMILES string of the molecule is CC(C)c1ccc(OCC(=O)NNC(=S)NC(=O)Cc2ccc(Cl)cc2)cc1. The maximum Gasteiger partial charge on any atom is 0.276 e. The number of nitrogens with one attached hydrogen (secondary N) is 3. The smallest absolute Gasteiger partial charge is 0.276 e. The fraction of sp³-hybridized carbons (Fsp3) is 0.250. The lowest BCUT2D eigenvalue weighted by Crippen LogP contribution is -2.49. The summed E-state index contributed by atoms with van der Waals surface area (Å²) in [4.78, 5) is 23.8. The van der Waals surface area contributed by atoms with Crippen molar-refractivity contribution >= 4 is 40.7 Å². The van der Waals surface area contributed by atoms with E-state index >= 15 is 0 Å². The second kappa shape index (κ2) is 10.6. The van der Waals surface area contributed by atoms with Crippen LogP contribution < -0.4 is 20.9 Å². The zero-order valence-corrected chi connectivity index (χ0v) is 17.2. The topological polar surface area (TPSA) is 79.5 Å². The molecule has 2 amide bonds. The average Bonchev–Trinajstić information content (AvgIpc) is 2.66. The number of ether oxygens (including phenoxy) is 1. The van der Waals surface area contributed by atoms with Crippen molar-refractivity contribution in [3.8, 4) is 5.75 Å². The zero-order chi connectivity index (χ0) is 20.5. The Morgan fingerprint density at radius 1 is 1.00 bits per heavy atom. The zero-order valence-electron chi connectivity index (χ0n) is 15.6. The first-order valence-corrected chi connectivity index (χ1v) is 9.48. The van der Waals surface area contributed by atoms with E-state index in [1.54, 1.807) is 24.3 Å². The molecule has 0 aliphatic rings. The van der Waals surface area contributed by atoms with Gasteiger partial charge in [-0.05, 0) is 53.5 Å². The van der Waals surface area contributed by atoms with Gasteiger partial charge in [0.1, 0.15) is 5.75 Å². The molecule has 0 fully saturated rings. The van der Waals surface area contributed by atoms with Crippen LogP contribution in [0.15, 0.2) is 48.5 Å². The number of hydrazine groups is 1. The lowest BCUT2D eigenvalue weighted by atomic mass is 10.0. The number of hydrogen-bond acceptors (Lipinski definition) is 4. The predicted molar refractivity (Wildman–Crippen MR) is 113 cm³/mol. The van der Waals surface area contributed by atoms with Crippen molar-refractivity contribution < 1.29 is 14.3 Å². The number of carbonyl (C=O) groups is 2. The molecule has 148 valence electrons. The highest BCUT2D eigenvalue weighted by atomic mass is 35.5. The number of benzene rings is 2. The van der Waals surface area contributed by atoms with Crippen molar-refractivity contribution in [2.24, 2.45) is 0 Å². The molecule has 6 nitrogen and oxygen atoms in total. The molecule has 0 unspecified atom stereocenters. The lowest BCUT2D eigenvalue weighted by Gasteiger charge is -2.12. The van der Waals surface area contributed by atoms with E-state index in [0.29, 0.717) is 16.7 Å². The van der Waals surface area contributed by atoms with Gasteiger partial charge in [0, 0.05) is 5.02 Å². The maximum absolute atomic E-state index is 11.9. The van der Waals surface area contributed by atoms with E-state index < -0.39 is 5.91 Å². The van der Waals surface area contributed by atoms with Crippen molar-refractivity contribution in [1.29, 1.82) is 0 Å². The fourth-order valence-electron chi connectivity index (χ4n) is 2.25. The van der Waals surface area contributed by atoms with Crippen molar-refractivity contribution in [3.63, 3.8) is 0 Å². The van der Waals surface area contributed by atoms with Crippen LogP contribution >= 0.6 is 23.8 Å². The van der Waals surface area contributed by atoms with Crippen molar-refractivity contribution in [1.82, 2.24) is 16.2 Å². The normalized spacial score (nSPS) is 10.3. The Morgan fingerprint density at radius 3 is 2.25 bits per heavy atom. The Hall–Kier alpha value is -2.64. The van der Waals surface area contributed by atoms with E-state index in [1.807, 2.05) is 24.3 Å². The van der Waals surface area contributed by atoms with E-state index in [2.05, 4.69) is 30.0 Å². The van der Waals surface area contributed by atoms with Gasteiger partial charge in [0.25, 0.3) is 5.91 Å². The molecule has 0 bridgehead atoms. The molecule has 28 heavy (non-hydrogen) atoms. The summed E-state index contributed by atoms with van der Waals surface area (Å²) >= 11 is 10.8. The third kappa shape index (κ3) is 7.54. The van der Waals surface area contributed by atoms with E-state index in [0.717, 1.165) is 5.56 Å². The number of amides is 2. The first kappa shape index (κ1) is 21.7. The molecular formula is C20H22ClN3O3S. The minimum atomic E-state index is -0.428. The van der Waals surface area contributed by atoms with Crippen LogP contribution in [0.25, 0.3) is 0 Å². The molecule has 2 aromatic rings. The highest BCUT2D eigenvalue weighted by Crippen LogP contribution is 2.18. The highest BCUT2D eigenvalue weighted by Gasteiger charge is 2.08. The summed E-state index contributed by atoms with van der Waals surface area (Å²) in [5.41, 5.74) is 6.83. The molecule has 0 atom stereocenters. The van der Waals surface area contributed by atoms with E-state index in [4.69, 9.17) is 28.6 Å². The molecular weight excluding hydrogens is 398 g/mol. The average molecular weight is 420 g/mol. The van der Waals surface area contributed by atoms with Crippen LogP contribution in [-0.4, -0.2) is 23.5 Å². The van der Waals surface area contributed by atoms with Gasteiger partial charge in [-0.15, -0.1) is 0 Å². The summed E-state index contributed by atoms with van der Waals surface area (Å²) in [6, 6.07) is 14.5. The summed E-state index contributed by atoms with van der Waals surface area (Å²) in [5, 5.41) is 3.08. The highest BCUT2D eigenvalue weighted by molar-refractivity contribution is 7.80. The molecule has 2 rings (SSSR count). The van der Waals surface area contributed by atoms with Crippen molar-refractivity contribution in [3.05, 3.63) is 64.7 Å². The number of halogens is 1. The Bertz CT molecular complexity index is 824. The molecule has 0 spiro atoms. The Labute approximate surface area is 174 Å². The monoisotopic (exact) mass is 419 g/mol. The van der Waals surface area contributed by atoms with Gasteiger partial charge in [-0.25, -0.2) is 0 Å². The molecule has 0 heterocycles. The summed E-state index contributed by atoms with van der Waals surface area (Å²) in [5.74, 6) is 0.286. The Morgan fingerprint density at radius 2 is 1.64 bits per heavy atom. The standard InChI is InChI=1S/C20H22ClN3O3S/c1-13(2)15-5-9-17(10-6-15)27-12-19(26)23-24-20(28)22-18(25)11-14-3-7-16(21)8-4-14/h3-10,13H,11-12H2,1-2H3,(H,23,26)(H2,22,24,25,28). The Balaban J connectivity index is 1.67. The van der Waals surface area contributed by atoms with Crippen LogP contribution in [0.4, 0.5) is 0 Å². The number of hydrogen-bond donors (Lipinski definition) is 3. The van der Waals surface area contributed by atoms with Gasteiger partial charge >= 0.3 is 0 Å². The van der Waals surface area contributed by atoms with Gasteiger partial charge in [0.05, 0.1) is 6.42 Å². The molecule has 0 saturated heterocycles. The van der Waals surface area contributed by atoms with Crippen LogP contribution in [0.3, 0.4) is 0 Å². The second-order valence-electron chi connectivity index (χ2n) is 6.37. The molecule has 0 aliphatic heterocycles. The number of thiocarbonyl (C=S) groups is 1. The van der Waals surface area contributed by atoms with Crippen LogP contribution in [0, 0.1) is 0 Å². The second-order valence-corrected chi connectivity index (χ2v) is 7.21. The van der Waals surface area contributed by atoms with Gasteiger partial charge in [-0.3, -0.25) is 20.4 Å². The summed E-state index contributed by atoms with van der Waals surface area (Å²) in [6.07, 6.45) is 0.141. The van der Waals surface area contributed by atoms with Gasteiger partial charge < -0.3 is 10.1 Å². The maximum atomic E-state index is 11.9. The van der Waals surface area contributed by atoms with Crippen LogP contribution in [-0.2, 0) is 16.0 Å². The van der Waals surface area contributed by atoms with E-state index in [-0.39, 0.29) is 24.0 Å². The number of carbonyl (C=O) groups excluding carboxylic acids is 2. The summed E-state index contributed by atoms with van der Waals surface area (Å²) in [6.45, 7) is 4.02. The van der Waals surface area contributed by atoms with Crippen LogP contribution in [0.1, 0.15) is 30.9 Å². The quantitative estimate of drug-likeness (QED) is 0.495. The molecule has 8 heteroatoms. The van der Waals surface area contributed by atoms with Gasteiger partial charge in [-0.1, -0.05) is 49.7 Å². The molecule has 0 saturated carbocycles. The minimum Gasteiger partial charge on any atom is -0.484 e. The van der Waals surface area contributed by atoms with Crippen LogP contribution in [0.5, 0.6) is 5.75 Å². The van der Waals surface area contributed by atoms with Crippen LogP contribution in [0.2, 0.25) is 5.02 Å². The largest absolute Gasteiger partial charge is 0.484 e. The molecule has 2 aromatic carbocycles. The van der Waals surface area contributed by atoms with Gasteiger partial charge in [0.15, 0.2) is 11.7 Å². The molecule has 0 radical (unpaired) electrons. The summed E-state index contributed by atoms with van der Waals surface area (Å²) in [7, 11) is 0. The minimum absolute atomic E-state index is 0.00593. The first-order valence-electron chi connectivity index (χ1n) is 8.69. The van der Waals surface area contributed by atoms with E-state index in [1.165, 1.54) is 5.56 Å². The lowest BCUT2D eigenvalue weighted by molar-refractivity contribution is -0.124. The van der Waals surface area contributed by atoms with Gasteiger partial charge in [-0.2, -0.15) is 0 Å². The van der Waals surface area contributed by atoms with Crippen molar-refractivity contribution in [2.45, 2.75) is 26.2 Å².